The van der Waals surface area contributed by atoms with Crippen LogP contribution in [0.3, 0.4) is 0 Å². The zero-order valence-electron chi connectivity index (χ0n) is 12.6. The van der Waals surface area contributed by atoms with E-state index in [1.165, 1.54) is 12.8 Å². The van der Waals surface area contributed by atoms with Crippen molar-refractivity contribution >= 4 is 21.8 Å². The van der Waals surface area contributed by atoms with Gasteiger partial charge in [-0.1, -0.05) is 42.6 Å². The first kappa shape index (κ1) is 15.5. The number of aryl methyl sites for hydroxylation is 2. The maximum absolute atomic E-state index is 12.6. The van der Waals surface area contributed by atoms with E-state index >= 15 is 0 Å². The molecule has 0 radical (unpaired) electrons. The molecule has 1 aliphatic rings. The molecule has 1 aromatic heterocycles. The van der Waals surface area contributed by atoms with Crippen LogP contribution >= 0.6 is 15.9 Å². The maximum Gasteiger partial charge on any atom is 0.255 e. The van der Waals surface area contributed by atoms with E-state index in [0.717, 1.165) is 30.3 Å². The molecule has 2 rings (SSSR count). The zero-order chi connectivity index (χ0) is 14.8. The molecule has 0 spiro atoms. The molecular weight excluding hydrogens is 318 g/mol. The molecule has 5 heteroatoms. The van der Waals surface area contributed by atoms with E-state index < -0.39 is 0 Å². The summed E-state index contributed by atoms with van der Waals surface area (Å²) in [6, 6.07) is 0. The quantitative estimate of drug-likeness (QED) is 0.855. The number of amides is 1. The van der Waals surface area contributed by atoms with Crippen LogP contribution in [0.25, 0.3) is 0 Å². The fourth-order valence-corrected chi connectivity index (χ4v) is 3.87. The third kappa shape index (κ3) is 3.25. The maximum atomic E-state index is 12.6. The van der Waals surface area contributed by atoms with E-state index in [4.69, 9.17) is 0 Å². The fourth-order valence-electron chi connectivity index (χ4n) is 3.22. The molecule has 2 unspecified atom stereocenters. The van der Waals surface area contributed by atoms with Crippen molar-refractivity contribution in [3.63, 3.8) is 0 Å². The summed E-state index contributed by atoms with van der Waals surface area (Å²) in [5.41, 5.74) is 1.49. The Hall–Kier alpha value is -0.840. The lowest BCUT2D eigenvalue weighted by atomic mass is 9.77. The van der Waals surface area contributed by atoms with Crippen molar-refractivity contribution in [1.82, 2.24) is 15.1 Å². The van der Waals surface area contributed by atoms with Gasteiger partial charge < -0.3 is 5.32 Å². The Labute approximate surface area is 129 Å². The summed E-state index contributed by atoms with van der Waals surface area (Å²) in [5, 5.41) is 8.45. The molecule has 0 aromatic carbocycles. The summed E-state index contributed by atoms with van der Waals surface area (Å²) in [6.07, 6.45) is 7.14. The van der Waals surface area contributed by atoms with Gasteiger partial charge in [0.2, 0.25) is 0 Å². The van der Waals surface area contributed by atoms with E-state index in [1.54, 1.807) is 4.68 Å². The molecule has 1 aromatic rings. The number of aromatic nitrogens is 2. The van der Waals surface area contributed by atoms with Crippen LogP contribution < -0.4 is 5.32 Å². The molecule has 0 aliphatic heterocycles. The minimum Gasteiger partial charge on any atom is -0.346 e. The highest BCUT2D eigenvalue weighted by Gasteiger charge is 2.36. The van der Waals surface area contributed by atoms with Crippen LogP contribution in [0.1, 0.15) is 55.6 Å². The molecule has 1 saturated carbocycles. The number of hydrogen-bond acceptors (Lipinski definition) is 2. The third-order valence-corrected chi connectivity index (χ3v) is 5.28. The van der Waals surface area contributed by atoms with Crippen LogP contribution in [-0.4, -0.2) is 26.6 Å². The first-order valence-corrected chi connectivity index (χ1v) is 8.53. The lowest BCUT2D eigenvalue weighted by Gasteiger charge is -2.39. The number of rotatable bonds is 4. The smallest absolute Gasteiger partial charge is 0.255 e. The number of alkyl halides is 1. The summed E-state index contributed by atoms with van der Waals surface area (Å²) in [6.45, 7) is 4.30. The Morgan fingerprint density at radius 3 is 3.00 bits per heavy atom. The highest BCUT2D eigenvalue weighted by molar-refractivity contribution is 9.09. The van der Waals surface area contributed by atoms with Crippen LogP contribution in [0.2, 0.25) is 0 Å². The van der Waals surface area contributed by atoms with Gasteiger partial charge in [0.05, 0.1) is 16.8 Å². The Balaban J connectivity index is 2.16. The Morgan fingerprint density at radius 2 is 2.40 bits per heavy atom. The number of halogens is 1. The van der Waals surface area contributed by atoms with Crippen molar-refractivity contribution in [1.29, 1.82) is 0 Å². The van der Waals surface area contributed by atoms with Gasteiger partial charge in [-0.05, 0) is 25.2 Å². The van der Waals surface area contributed by atoms with Crippen molar-refractivity contribution in [3.8, 4) is 0 Å². The number of hydrogen-bond donors (Lipinski definition) is 1. The number of nitrogens with zero attached hydrogens (tertiary/aromatic N) is 2. The highest BCUT2D eigenvalue weighted by Crippen LogP contribution is 2.34. The Morgan fingerprint density at radius 1 is 1.65 bits per heavy atom. The Kier molecular flexibility index (Phi) is 4.89. The molecule has 0 saturated heterocycles. The van der Waals surface area contributed by atoms with Crippen LogP contribution in [0.5, 0.6) is 0 Å². The van der Waals surface area contributed by atoms with E-state index in [9.17, 15) is 4.79 Å². The molecular formula is C15H24BrN3O. The van der Waals surface area contributed by atoms with Crippen LogP contribution in [0.4, 0.5) is 0 Å². The van der Waals surface area contributed by atoms with E-state index in [-0.39, 0.29) is 11.4 Å². The van der Waals surface area contributed by atoms with E-state index in [0.29, 0.717) is 11.5 Å². The third-order valence-electron chi connectivity index (χ3n) is 4.21. The average molecular weight is 342 g/mol. The monoisotopic (exact) mass is 341 g/mol. The van der Waals surface area contributed by atoms with E-state index in [1.807, 2.05) is 20.2 Å². The summed E-state index contributed by atoms with van der Waals surface area (Å²) in [7, 11) is 1.86. The largest absolute Gasteiger partial charge is 0.346 e. The molecule has 2 atom stereocenters. The van der Waals surface area contributed by atoms with Crippen LogP contribution in [-0.2, 0) is 13.5 Å². The summed E-state index contributed by atoms with van der Waals surface area (Å²) in [4.78, 5) is 12.6. The van der Waals surface area contributed by atoms with Crippen molar-refractivity contribution in [2.24, 2.45) is 13.0 Å². The molecule has 1 aliphatic carbocycles. The highest BCUT2D eigenvalue weighted by atomic mass is 79.9. The normalized spacial score (nSPS) is 26.5. The first-order chi connectivity index (χ1) is 9.49. The lowest BCUT2D eigenvalue weighted by Crippen LogP contribution is -2.52. The molecule has 1 amide bonds. The molecule has 20 heavy (non-hydrogen) atoms. The lowest BCUT2D eigenvalue weighted by molar-refractivity contribution is 0.0868. The summed E-state index contributed by atoms with van der Waals surface area (Å²) in [5.74, 6) is 0.685. The molecule has 1 N–H and O–H groups in total. The molecule has 1 fully saturated rings. The minimum atomic E-state index is -0.102. The SMILES string of the molecule is CCc1nn(C)cc1C(=O)NC1(CBr)CCCC(C)C1. The molecule has 1 heterocycles. The second-order valence-corrected chi connectivity index (χ2v) is 6.65. The standard InChI is InChI=1S/C15H24BrN3O/c1-4-13-12(9-19(3)18-13)14(20)17-15(10-16)7-5-6-11(2)8-15/h9,11H,4-8,10H2,1-3H3,(H,17,20). The van der Waals surface area contributed by atoms with Crippen molar-refractivity contribution in [2.45, 2.75) is 51.5 Å². The van der Waals surface area contributed by atoms with Crippen LogP contribution in [0, 0.1) is 5.92 Å². The van der Waals surface area contributed by atoms with Gasteiger partial charge in [0, 0.05) is 18.6 Å². The van der Waals surface area contributed by atoms with Gasteiger partial charge in [-0.2, -0.15) is 5.10 Å². The van der Waals surface area contributed by atoms with Gasteiger partial charge in [-0.25, -0.2) is 0 Å². The fraction of sp³-hybridized carbons (Fsp3) is 0.733. The minimum absolute atomic E-state index is 0.0171. The van der Waals surface area contributed by atoms with Gasteiger partial charge in [-0.3, -0.25) is 9.48 Å². The predicted octanol–water partition coefficient (Wildman–Crippen LogP) is 3.06. The topological polar surface area (TPSA) is 46.9 Å². The van der Waals surface area contributed by atoms with Gasteiger partial charge in [0.15, 0.2) is 0 Å². The van der Waals surface area contributed by atoms with Gasteiger partial charge in [0.1, 0.15) is 0 Å². The van der Waals surface area contributed by atoms with Gasteiger partial charge in [0.25, 0.3) is 5.91 Å². The number of nitrogens with one attached hydrogen (secondary N) is 1. The first-order valence-electron chi connectivity index (χ1n) is 7.40. The van der Waals surface area contributed by atoms with Crippen molar-refractivity contribution in [3.05, 3.63) is 17.5 Å². The second-order valence-electron chi connectivity index (χ2n) is 6.09. The Bertz CT molecular complexity index is 485. The zero-order valence-corrected chi connectivity index (χ0v) is 14.2. The van der Waals surface area contributed by atoms with Gasteiger partial charge >= 0.3 is 0 Å². The molecule has 112 valence electrons. The average Bonchev–Trinajstić information content (AvgIpc) is 2.80. The van der Waals surface area contributed by atoms with Crippen molar-refractivity contribution in [2.75, 3.05) is 5.33 Å². The summed E-state index contributed by atoms with van der Waals surface area (Å²) < 4.78 is 1.72. The van der Waals surface area contributed by atoms with Gasteiger partial charge in [-0.15, -0.1) is 0 Å². The number of carbonyl (C=O) groups is 1. The summed E-state index contributed by atoms with van der Waals surface area (Å²) >= 11 is 3.60. The van der Waals surface area contributed by atoms with Crippen molar-refractivity contribution < 1.29 is 4.79 Å². The van der Waals surface area contributed by atoms with E-state index in [2.05, 4.69) is 33.3 Å². The second kappa shape index (κ2) is 6.29. The van der Waals surface area contributed by atoms with Crippen LogP contribution in [0.15, 0.2) is 6.20 Å². The molecule has 0 bridgehead atoms. The predicted molar refractivity (Wildman–Crippen MR) is 84.2 cm³/mol. The molecule has 4 nitrogen and oxygen atoms in total. The number of carbonyl (C=O) groups excluding carboxylic acids is 1.